The van der Waals surface area contributed by atoms with Crippen LogP contribution in [0.3, 0.4) is 0 Å². The normalized spacial score (nSPS) is 10.5. The molecule has 2 rings (SSSR count). The zero-order chi connectivity index (χ0) is 19.4. The number of amides is 1. The lowest BCUT2D eigenvalue weighted by molar-refractivity contribution is -0.144. The number of anilines is 2. The molecule has 0 radical (unpaired) electrons. The number of benzene rings is 1. The first kappa shape index (κ1) is 19.3. The van der Waals surface area contributed by atoms with Gasteiger partial charge in [-0.15, -0.1) is 0 Å². The Balaban J connectivity index is 2.41. The van der Waals surface area contributed by atoms with Gasteiger partial charge in [0.05, 0.1) is 11.3 Å². The van der Waals surface area contributed by atoms with Gasteiger partial charge in [-0.1, -0.05) is 12.1 Å². The van der Waals surface area contributed by atoms with Gasteiger partial charge in [-0.25, -0.2) is 24.0 Å². The van der Waals surface area contributed by atoms with Crippen LogP contribution in [0.5, 0.6) is 0 Å². The van der Waals surface area contributed by atoms with Gasteiger partial charge in [-0.3, -0.25) is 9.63 Å². The molecule has 1 aromatic carbocycles. The Morgan fingerprint density at radius 1 is 1.27 bits per heavy atom. The number of nitrogens with zero attached hydrogens (tertiary/aromatic N) is 1. The Bertz CT molecular complexity index is 877. The van der Waals surface area contributed by atoms with Crippen molar-refractivity contribution in [2.75, 3.05) is 11.9 Å². The summed E-state index contributed by atoms with van der Waals surface area (Å²) in [6.45, 7) is 2.77. The molecule has 0 aliphatic carbocycles. The lowest BCUT2D eigenvalue weighted by Gasteiger charge is -2.16. The minimum absolute atomic E-state index is 0.0926. The summed E-state index contributed by atoms with van der Waals surface area (Å²) >= 11 is 0. The lowest BCUT2D eigenvalue weighted by atomic mass is 9.92. The van der Waals surface area contributed by atoms with Crippen LogP contribution in [0.2, 0.25) is 0 Å². The molecule has 1 aromatic heterocycles. The van der Waals surface area contributed by atoms with E-state index >= 15 is 0 Å². The average Bonchev–Trinajstić information content (AvgIpc) is 2.56. The number of nitrogens with one attached hydrogen (secondary N) is 2. The Kier molecular flexibility index (Phi) is 5.88. The minimum atomic E-state index is -1.30. The summed E-state index contributed by atoms with van der Waals surface area (Å²) in [5, 5.41) is 11.1. The monoisotopic (exact) mass is 363 g/mol. The summed E-state index contributed by atoms with van der Waals surface area (Å²) in [6.07, 6.45) is 1.54. The molecular formula is C16H16BF2N3O4. The maximum Gasteiger partial charge on any atom is 0.332 e. The van der Waals surface area contributed by atoms with E-state index < -0.39 is 35.8 Å². The first-order valence-electron chi connectivity index (χ1n) is 7.53. The van der Waals surface area contributed by atoms with E-state index in [2.05, 4.69) is 15.1 Å². The zero-order valence-corrected chi connectivity index (χ0v) is 14.3. The van der Waals surface area contributed by atoms with Gasteiger partial charge in [0.1, 0.15) is 13.7 Å². The van der Waals surface area contributed by atoms with Crippen molar-refractivity contribution < 1.29 is 28.3 Å². The van der Waals surface area contributed by atoms with Crippen LogP contribution in [0.15, 0.2) is 18.3 Å². The van der Waals surface area contributed by atoms with Crippen LogP contribution in [0.1, 0.15) is 21.5 Å². The third-order valence-corrected chi connectivity index (χ3v) is 3.45. The average molecular weight is 363 g/mol. The Hall–Kier alpha value is -3.01. The van der Waals surface area contributed by atoms with Crippen molar-refractivity contribution in [3.8, 4) is 0 Å². The van der Waals surface area contributed by atoms with Crippen molar-refractivity contribution >= 4 is 36.7 Å². The Morgan fingerprint density at radius 2 is 1.96 bits per heavy atom. The Labute approximate surface area is 148 Å². The molecule has 0 saturated carbocycles. The highest BCUT2D eigenvalue weighted by atomic mass is 19.2. The summed E-state index contributed by atoms with van der Waals surface area (Å²) < 4.78 is 28.4. The fourth-order valence-corrected chi connectivity index (χ4v) is 2.24. The molecular weight excluding hydrogens is 347 g/mol. The van der Waals surface area contributed by atoms with Gasteiger partial charge in [-0.05, 0) is 30.4 Å². The third kappa shape index (κ3) is 4.34. The van der Waals surface area contributed by atoms with Crippen molar-refractivity contribution in [2.45, 2.75) is 13.8 Å². The zero-order valence-electron chi connectivity index (χ0n) is 14.3. The molecule has 1 heterocycles. The summed E-state index contributed by atoms with van der Waals surface area (Å²) in [6, 6.07) is 2.91. The second-order valence-electron chi connectivity index (χ2n) is 5.66. The molecule has 0 bridgehead atoms. The van der Waals surface area contributed by atoms with E-state index in [9.17, 15) is 18.4 Å². The van der Waals surface area contributed by atoms with Gasteiger partial charge in [0.15, 0.2) is 18.2 Å². The molecule has 0 aliphatic rings. The summed E-state index contributed by atoms with van der Waals surface area (Å²) in [7, 11) is 1.30. The molecule has 0 aliphatic heterocycles. The van der Waals surface area contributed by atoms with Crippen LogP contribution < -0.4 is 16.3 Å². The highest BCUT2D eigenvalue weighted by Gasteiger charge is 2.22. The molecule has 2 aromatic rings. The number of rotatable bonds is 6. The van der Waals surface area contributed by atoms with Crippen LogP contribution >= 0.6 is 0 Å². The minimum Gasteiger partial charge on any atom is -0.479 e. The lowest BCUT2D eigenvalue weighted by Crippen LogP contribution is -2.29. The van der Waals surface area contributed by atoms with Crippen molar-refractivity contribution in [3.05, 3.63) is 46.7 Å². The molecule has 136 valence electrons. The maximum atomic E-state index is 14.5. The number of carbonyl (C=O) groups excluding carboxylic acids is 1. The van der Waals surface area contributed by atoms with E-state index in [1.54, 1.807) is 13.0 Å². The van der Waals surface area contributed by atoms with Crippen LogP contribution in [0.4, 0.5) is 20.3 Å². The van der Waals surface area contributed by atoms with E-state index in [0.29, 0.717) is 5.56 Å². The third-order valence-electron chi connectivity index (χ3n) is 3.45. The van der Waals surface area contributed by atoms with Crippen LogP contribution in [0.25, 0.3) is 0 Å². The highest BCUT2D eigenvalue weighted by Crippen LogP contribution is 2.26. The van der Waals surface area contributed by atoms with E-state index in [4.69, 9.17) is 5.11 Å². The van der Waals surface area contributed by atoms with Gasteiger partial charge in [0.25, 0.3) is 5.91 Å². The fourth-order valence-electron chi connectivity index (χ4n) is 2.24. The fraction of sp³-hybridized carbons (Fsp3) is 0.188. The van der Waals surface area contributed by atoms with Crippen LogP contribution in [-0.4, -0.2) is 36.4 Å². The van der Waals surface area contributed by atoms with Gasteiger partial charge >= 0.3 is 5.97 Å². The van der Waals surface area contributed by atoms with Gasteiger partial charge in [0, 0.05) is 6.20 Å². The number of hydrogen-bond donors (Lipinski definition) is 3. The molecule has 3 N–H and O–H groups in total. The quantitative estimate of drug-likeness (QED) is 0.517. The topological polar surface area (TPSA) is 101 Å². The smallest absolute Gasteiger partial charge is 0.332 e. The standard InChI is InChI=1S/C16H16BF2N3O4/c1-7-3-8(2)15(20-5-7)21-14-9(4-10(17)12(18)13(14)19)16(25)22-26-6-11(23)24/h3-5H,6,17H2,1-2H3,(H,20,21)(H,22,25)(H,23,24). The van der Waals surface area contributed by atoms with E-state index in [1.165, 1.54) is 14.0 Å². The molecule has 0 saturated heterocycles. The van der Waals surface area contributed by atoms with Crippen molar-refractivity contribution in [1.82, 2.24) is 10.5 Å². The van der Waals surface area contributed by atoms with E-state index in [0.717, 1.165) is 11.6 Å². The van der Waals surface area contributed by atoms with Gasteiger partial charge in [0.2, 0.25) is 0 Å². The first-order valence-corrected chi connectivity index (χ1v) is 7.53. The van der Waals surface area contributed by atoms with Crippen LogP contribution in [-0.2, 0) is 9.63 Å². The summed E-state index contributed by atoms with van der Waals surface area (Å²) in [4.78, 5) is 31.3. The number of pyridine rings is 1. The van der Waals surface area contributed by atoms with Crippen molar-refractivity contribution in [3.63, 3.8) is 0 Å². The van der Waals surface area contributed by atoms with Gasteiger partial charge in [-0.2, -0.15) is 0 Å². The van der Waals surface area contributed by atoms with Crippen molar-refractivity contribution in [1.29, 1.82) is 0 Å². The maximum absolute atomic E-state index is 14.5. The number of aromatic nitrogens is 1. The second kappa shape index (κ2) is 7.92. The Morgan fingerprint density at radius 3 is 2.58 bits per heavy atom. The molecule has 0 unspecified atom stereocenters. The molecule has 0 spiro atoms. The number of aryl methyl sites for hydroxylation is 2. The largest absolute Gasteiger partial charge is 0.479 e. The number of halogens is 2. The first-order chi connectivity index (χ1) is 12.2. The highest BCUT2D eigenvalue weighted by molar-refractivity contribution is 6.33. The molecule has 7 nitrogen and oxygen atoms in total. The molecule has 10 heteroatoms. The number of carbonyl (C=O) groups is 2. The SMILES string of the molecule is Bc1cc(C(=O)NOCC(=O)O)c(Nc2ncc(C)cc2C)c(F)c1F. The summed E-state index contributed by atoms with van der Waals surface area (Å²) in [5.41, 5.74) is 2.65. The number of aliphatic carboxylic acids is 1. The molecule has 1 amide bonds. The number of carboxylic acid groups (broad SMARTS) is 1. The predicted octanol–water partition coefficient (Wildman–Crippen LogP) is 0.725. The number of hydroxylamine groups is 1. The molecule has 0 atom stereocenters. The molecule has 0 fully saturated rings. The number of carboxylic acids is 1. The molecule has 26 heavy (non-hydrogen) atoms. The van der Waals surface area contributed by atoms with Gasteiger partial charge < -0.3 is 10.4 Å². The van der Waals surface area contributed by atoms with Crippen molar-refractivity contribution in [2.24, 2.45) is 0 Å². The van der Waals surface area contributed by atoms with E-state index in [-0.39, 0.29) is 16.8 Å². The second-order valence-corrected chi connectivity index (χ2v) is 5.66. The summed E-state index contributed by atoms with van der Waals surface area (Å²) in [5.74, 6) is -4.35. The van der Waals surface area contributed by atoms with Crippen LogP contribution in [0, 0.1) is 25.5 Å². The number of hydrogen-bond acceptors (Lipinski definition) is 5. The van der Waals surface area contributed by atoms with E-state index in [1.807, 2.05) is 12.4 Å². The predicted molar refractivity (Wildman–Crippen MR) is 92.6 cm³/mol.